The lowest BCUT2D eigenvalue weighted by atomic mass is 10.1. The van der Waals surface area contributed by atoms with Crippen LogP contribution in [0.4, 0.5) is 10.6 Å². The molecule has 3 heterocycles. The van der Waals surface area contributed by atoms with E-state index in [2.05, 4.69) is 16.4 Å². The summed E-state index contributed by atoms with van der Waals surface area (Å²) in [6.07, 6.45) is 6.24. The molecule has 1 aliphatic carbocycles. The normalized spacial score (nSPS) is 13.7. The van der Waals surface area contributed by atoms with Crippen molar-refractivity contribution in [1.82, 2.24) is 14.5 Å². The van der Waals surface area contributed by atoms with E-state index in [9.17, 15) is 14.7 Å². The van der Waals surface area contributed by atoms with Crippen molar-refractivity contribution >= 4 is 40.5 Å². The molecule has 1 amide bonds. The summed E-state index contributed by atoms with van der Waals surface area (Å²) in [4.78, 5) is 31.9. The van der Waals surface area contributed by atoms with Gasteiger partial charge in [-0.2, -0.15) is 0 Å². The molecule has 1 fully saturated rings. The van der Waals surface area contributed by atoms with E-state index in [-0.39, 0.29) is 5.91 Å². The number of carbonyl (C=O) groups is 2. The minimum absolute atomic E-state index is 0.236. The topological polar surface area (TPSA) is 97.1 Å². The van der Waals surface area contributed by atoms with Crippen LogP contribution in [0.3, 0.4) is 0 Å². The Labute approximate surface area is 159 Å². The van der Waals surface area contributed by atoms with Crippen LogP contribution >= 0.6 is 11.8 Å². The van der Waals surface area contributed by atoms with Crippen molar-refractivity contribution in [3.63, 3.8) is 0 Å². The molecule has 0 bridgehead atoms. The maximum absolute atomic E-state index is 11.7. The van der Waals surface area contributed by atoms with Crippen LogP contribution in [0, 0.1) is 0 Å². The predicted octanol–water partition coefficient (Wildman–Crippen LogP) is 4.18. The van der Waals surface area contributed by atoms with Gasteiger partial charge in [-0.1, -0.05) is 0 Å². The first-order chi connectivity index (χ1) is 13.0. The van der Waals surface area contributed by atoms with Gasteiger partial charge in [-0.05, 0) is 48.8 Å². The summed E-state index contributed by atoms with van der Waals surface area (Å²) in [5.41, 5.74) is 3.13. The van der Waals surface area contributed by atoms with Crippen LogP contribution in [0.5, 0.6) is 0 Å². The van der Waals surface area contributed by atoms with Gasteiger partial charge in [-0.15, -0.1) is 11.8 Å². The number of aromatic nitrogens is 3. The van der Waals surface area contributed by atoms with Gasteiger partial charge in [0.2, 0.25) is 5.91 Å². The van der Waals surface area contributed by atoms with Gasteiger partial charge in [-0.25, -0.2) is 14.8 Å². The molecule has 3 aromatic heterocycles. The van der Waals surface area contributed by atoms with Crippen molar-refractivity contribution < 1.29 is 14.7 Å². The fourth-order valence-corrected chi connectivity index (χ4v) is 3.60. The minimum Gasteiger partial charge on any atom is -0.464 e. The summed E-state index contributed by atoms with van der Waals surface area (Å²) in [5, 5.41) is 13.8. The van der Waals surface area contributed by atoms with Crippen LogP contribution in [-0.2, 0) is 4.79 Å². The Balaban J connectivity index is 1.93. The van der Waals surface area contributed by atoms with Gasteiger partial charge < -0.3 is 10.4 Å². The average molecular weight is 382 g/mol. The molecule has 0 atom stereocenters. The van der Waals surface area contributed by atoms with Gasteiger partial charge in [0, 0.05) is 24.1 Å². The van der Waals surface area contributed by atoms with Crippen molar-refractivity contribution in [2.45, 2.75) is 30.7 Å². The highest BCUT2D eigenvalue weighted by Crippen LogP contribution is 2.42. The molecule has 138 valence electrons. The highest BCUT2D eigenvalue weighted by Gasteiger charge is 2.25. The summed E-state index contributed by atoms with van der Waals surface area (Å²) < 4.78 is 1.14. The molecule has 27 heavy (non-hydrogen) atoms. The summed E-state index contributed by atoms with van der Waals surface area (Å²) >= 11 is 1.56. The molecule has 0 unspecified atom stereocenters. The van der Waals surface area contributed by atoms with E-state index in [1.165, 1.54) is 31.5 Å². The number of thioether (sulfide) groups is 1. The summed E-state index contributed by atoms with van der Waals surface area (Å²) in [7, 11) is 0. The molecule has 4 rings (SSSR count). The Morgan fingerprint density at radius 3 is 2.70 bits per heavy atom. The molecule has 1 aliphatic rings. The Bertz CT molecular complexity index is 1070. The number of pyridine rings is 2. The molecule has 8 heteroatoms. The second-order valence-electron chi connectivity index (χ2n) is 6.57. The largest absolute Gasteiger partial charge is 0.464 e. The first kappa shape index (κ1) is 17.5. The van der Waals surface area contributed by atoms with E-state index in [4.69, 9.17) is 4.98 Å². The number of anilines is 1. The van der Waals surface area contributed by atoms with Crippen LogP contribution in [-0.4, -0.2) is 37.9 Å². The first-order valence-corrected chi connectivity index (χ1v) is 9.77. The molecule has 3 aromatic rings. The van der Waals surface area contributed by atoms with E-state index in [0.29, 0.717) is 28.2 Å². The fourth-order valence-electron chi connectivity index (χ4n) is 3.16. The zero-order valence-corrected chi connectivity index (χ0v) is 15.7. The number of carbonyl (C=O) groups excluding carboxylic acids is 1. The van der Waals surface area contributed by atoms with E-state index < -0.39 is 6.09 Å². The molecule has 0 saturated heterocycles. The van der Waals surface area contributed by atoms with Gasteiger partial charge in [0.05, 0.1) is 22.4 Å². The lowest BCUT2D eigenvalue weighted by molar-refractivity contribution is -0.114. The number of fused-ring (bicyclic) bond motifs is 1. The average Bonchev–Trinajstić information content (AvgIpc) is 3.41. The molecule has 7 nitrogen and oxygen atoms in total. The summed E-state index contributed by atoms with van der Waals surface area (Å²) in [5.74, 6) is 0.699. The van der Waals surface area contributed by atoms with E-state index in [1.54, 1.807) is 24.0 Å². The van der Waals surface area contributed by atoms with Gasteiger partial charge in [-0.3, -0.25) is 9.36 Å². The molecule has 0 radical (unpaired) electrons. The molecule has 2 N–H and O–H groups in total. The zero-order valence-electron chi connectivity index (χ0n) is 14.9. The molecular formula is C19H18N4O3S. The van der Waals surface area contributed by atoms with Gasteiger partial charge >= 0.3 is 6.09 Å². The monoisotopic (exact) mass is 382 g/mol. The highest BCUT2D eigenvalue weighted by molar-refractivity contribution is 7.98. The lowest BCUT2D eigenvalue weighted by Gasteiger charge is -2.07. The number of rotatable bonds is 4. The third-order valence-corrected chi connectivity index (χ3v) is 5.19. The maximum atomic E-state index is 11.7. The Morgan fingerprint density at radius 1 is 1.30 bits per heavy atom. The smallest absolute Gasteiger partial charge is 0.416 e. The summed E-state index contributed by atoms with van der Waals surface area (Å²) in [6, 6.07) is 5.83. The SMILES string of the molecule is CSc1cc(C2CC2)cc(-c2cn(C(=O)O)c3cnc(NC(C)=O)cc23)n1. The van der Waals surface area contributed by atoms with Crippen LogP contribution in [0.25, 0.3) is 22.2 Å². The molecular weight excluding hydrogens is 364 g/mol. The number of nitrogens with one attached hydrogen (secondary N) is 1. The van der Waals surface area contributed by atoms with Crippen molar-refractivity contribution in [2.24, 2.45) is 0 Å². The fraction of sp³-hybridized carbons (Fsp3) is 0.263. The van der Waals surface area contributed by atoms with Crippen LogP contribution in [0.15, 0.2) is 35.6 Å². The van der Waals surface area contributed by atoms with Crippen molar-refractivity contribution in [1.29, 1.82) is 0 Å². The van der Waals surface area contributed by atoms with E-state index in [1.807, 2.05) is 12.3 Å². The van der Waals surface area contributed by atoms with E-state index in [0.717, 1.165) is 15.3 Å². The molecule has 0 spiro atoms. The maximum Gasteiger partial charge on any atom is 0.416 e. The van der Waals surface area contributed by atoms with E-state index >= 15 is 0 Å². The Hall–Kier alpha value is -2.87. The van der Waals surface area contributed by atoms with Gasteiger partial charge in [0.1, 0.15) is 5.82 Å². The second kappa shape index (κ2) is 6.70. The molecule has 0 aliphatic heterocycles. The number of nitrogens with zero attached hydrogens (tertiary/aromatic N) is 3. The second-order valence-corrected chi connectivity index (χ2v) is 7.39. The van der Waals surface area contributed by atoms with Crippen LogP contribution < -0.4 is 5.32 Å². The number of hydrogen-bond donors (Lipinski definition) is 2. The third kappa shape index (κ3) is 3.40. The zero-order chi connectivity index (χ0) is 19.1. The van der Waals surface area contributed by atoms with Crippen LogP contribution in [0.2, 0.25) is 0 Å². The van der Waals surface area contributed by atoms with Crippen molar-refractivity contribution in [2.75, 3.05) is 11.6 Å². The number of hydrogen-bond acceptors (Lipinski definition) is 5. The first-order valence-electron chi connectivity index (χ1n) is 8.54. The molecule has 1 saturated carbocycles. The quantitative estimate of drug-likeness (QED) is 0.657. The Kier molecular flexibility index (Phi) is 4.35. The number of carboxylic acid groups (broad SMARTS) is 1. The van der Waals surface area contributed by atoms with Crippen molar-refractivity contribution in [3.05, 3.63) is 36.2 Å². The van der Waals surface area contributed by atoms with Crippen molar-refractivity contribution in [3.8, 4) is 11.3 Å². The lowest BCUT2D eigenvalue weighted by Crippen LogP contribution is -2.08. The van der Waals surface area contributed by atoms with Gasteiger partial charge in [0.15, 0.2) is 0 Å². The van der Waals surface area contributed by atoms with Crippen LogP contribution in [0.1, 0.15) is 31.2 Å². The predicted molar refractivity (Wildman–Crippen MR) is 104 cm³/mol. The standard InChI is InChI=1S/C19H18N4O3S/c1-10(24)21-17-7-13-14(9-23(19(25)26)16(13)8-20-17)15-5-12(11-3-4-11)6-18(22-15)27-2/h5-9,11H,3-4H2,1-2H3,(H,25,26)(H,20,21,24). The third-order valence-electron chi connectivity index (χ3n) is 4.56. The number of amides is 1. The minimum atomic E-state index is -1.09. The van der Waals surface area contributed by atoms with Gasteiger partial charge in [0.25, 0.3) is 0 Å². The molecule has 0 aromatic carbocycles. The summed E-state index contributed by atoms with van der Waals surface area (Å²) in [6.45, 7) is 1.40. The Morgan fingerprint density at radius 2 is 2.07 bits per heavy atom. The highest BCUT2D eigenvalue weighted by atomic mass is 32.2.